The van der Waals surface area contributed by atoms with Crippen molar-refractivity contribution in [3.8, 4) is 0 Å². The van der Waals surface area contributed by atoms with Crippen molar-refractivity contribution < 1.29 is 21.6 Å². The Morgan fingerprint density at radius 1 is 1.08 bits per heavy atom. The number of aromatic nitrogens is 3. The van der Waals surface area contributed by atoms with Gasteiger partial charge in [0.15, 0.2) is 0 Å². The lowest BCUT2D eigenvalue weighted by molar-refractivity contribution is -0.136. The van der Waals surface area contributed by atoms with Gasteiger partial charge in [-0.05, 0) is 61.1 Å². The van der Waals surface area contributed by atoms with E-state index in [1.807, 2.05) is 4.68 Å². The van der Waals surface area contributed by atoms with Crippen LogP contribution in [0.1, 0.15) is 31.2 Å². The zero-order valence-electron chi connectivity index (χ0n) is 21.7. The maximum Gasteiger partial charge on any atom is 0.241 e. The molecule has 0 radical (unpaired) electrons. The van der Waals surface area contributed by atoms with Crippen LogP contribution in [0.2, 0.25) is 5.02 Å². The van der Waals surface area contributed by atoms with Crippen molar-refractivity contribution in [3.63, 3.8) is 0 Å². The van der Waals surface area contributed by atoms with Gasteiger partial charge in [-0.15, -0.1) is 0 Å². The quantitative estimate of drug-likeness (QED) is 0.469. The van der Waals surface area contributed by atoms with E-state index in [0.717, 1.165) is 24.7 Å². The molecule has 3 heterocycles. The average molecular weight is 587 g/mol. The summed E-state index contributed by atoms with van der Waals surface area (Å²) in [5.74, 6) is 0.00703. The molecule has 0 unspecified atom stereocenters. The Balaban J connectivity index is 1.49. The van der Waals surface area contributed by atoms with Gasteiger partial charge in [-0.1, -0.05) is 23.7 Å². The summed E-state index contributed by atoms with van der Waals surface area (Å²) in [7, 11) is -6.86. The third-order valence-electron chi connectivity index (χ3n) is 7.81. The molecule has 1 amide bonds. The maximum atomic E-state index is 13.6. The molecule has 210 valence electrons. The highest BCUT2D eigenvalue weighted by molar-refractivity contribution is 7.88. The number of likely N-dealkylation sites (tertiary alicyclic amines) is 1. The van der Waals surface area contributed by atoms with E-state index in [1.54, 1.807) is 35.5 Å². The molecule has 2 aliphatic heterocycles. The SMILES string of the molecule is CS(=O)(=O)N[C@@H](Cc1ccc(Cl)cc1)C(=O)N1CCC(Cn2cncn2)(C2CCN(S(C)(=O)=O)CC2)CC1. The number of sulfonamides is 2. The Morgan fingerprint density at radius 3 is 2.24 bits per heavy atom. The molecule has 14 heteroatoms. The molecule has 4 rings (SSSR count). The summed E-state index contributed by atoms with van der Waals surface area (Å²) >= 11 is 5.98. The summed E-state index contributed by atoms with van der Waals surface area (Å²) in [5, 5.41) is 4.88. The van der Waals surface area contributed by atoms with Gasteiger partial charge in [0, 0.05) is 37.7 Å². The van der Waals surface area contributed by atoms with Crippen molar-refractivity contribution in [2.45, 2.75) is 44.7 Å². The highest BCUT2D eigenvalue weighted by atomic mass is 35.5. The summed E-state index contributed by atoms with van der Waals surface area (Å²) in [6.07, 6.45) is 8.58. The number of halogens is 1. The van der Waals surface area contributed by atoms with E-state index >= 15 is 0 Å². The fourth-order valence-electron chi connectivity index (χ4n) is 5.82. The van der Waals surface area contributed by atoms with E-state index in [9.17, 15) is 21.6 Å². The van der Waals surface area contributed by atoms with Crippen LogP contribution < -0.4 is 4.72 Å². The van der Waals surface area contributed by atoms with E-state index in [0.29, 0.717) is 50.6 Å². The minimum Gasteiger partial charge on any atom is -0.341 e. The Bertz CT molecular complexity index is 1300. The molecule has 0 saturated carbocycles. The van der Waals surface area contributed by atoms with Crippen molar-refractivity contribution in [1.29, 1.82) is 0 Å². The second-order valence-electron chi connectivity index (χ2n) is 10.5. The zero-order valence-corrected chi connectivity index (χ0v) is 24.1. The average Bonchev–Trinajstić information content (AvgIpc) is 3.36. The van der Waals surface area contributed by atoms with Crippen molar-refractivity contribution in [1.82, 2.24) is 28.7 Å². The van der Waals surface area contributed by atoms with Crippen LogP contribution in [0.15, 0.2) is 36.9 Å². The summed E-state index contributed by atoms with van der Waals surface area (Å²) in [6, 6.07) is 6.08. The number of nitrogens with zero attached hydrogens (tertiary/aromatic N) is 5. The number of carbonyl (C=O) groups is 1. The van der Waals surface area contributed by atoms with E-state index in [1.165, 1.54) is 16.9 Å². The molecule has 1 aromatic carbocycles. The van der Waals surface area contributed by atoms with Crippen LogP contribution >= 0.6 is 11.6 Å². The number of hydrogen-bond donors (Lipinski definition) is 1. The Kier molecular flexibility index (Phi) is 8.82. The molecule has 0 aliphatic carbocycles. The van der Waals surface area contributed by atoms with Crippen molar-refractivity contribution in [3.05, 3.63) is 47.5 Å². The van der Waals surface area contributed by atoms with Gasteiger partial charge in [-0.25, -0.2) is 30.8 Å². The molecular formula is C24H35ClN6O5S2. The largest absolute Gasteiger partial charge is 0.341 e. The van der Waals surface area contributed by atoms with E-state index < -0.39 is 26.1 Å². The molecule has 1 atom stereocenters. The van der Waals surface area contributed by atoms with Gasteiger partial charge in [-0.2, -0.15) is 5.10 Å². The number of piperidine rings is 2. The normalized spacial score (nSPS) is 20.3. The van der Waals surface area contributed by atoms with Gasteiger partial charge in [0.05, 0.1) is 12.5 Å². The molecule has 0 bridgehead atoms. The third kappa shape index (κ3) is 7.32. The highest BCUT2D eigenvalue weighted by Crippen LogP contribution is 2.45. The third-order valence-corrected chi connectivity index (χ3v) is 10.1. The fourth-order valence-corrected chi connectivity index (χ4v) is 7.52. The maximum absolute atomic E-state index is 13.6. The van der Waals surface area contributed by atoms with Gasteiger partial charge >= 0.3 is 0 Å². The molecule has 11 nitrogen and oxygen atoms in total. The van der Waals surface area contributed by atoms with E-state index in [-0.39, 0.29) is 23.7 Å². The van der Waals surface area contributed by atoms with Gasteiger partial charge in [-0.3, -0.25) is 9.48 Å². The number of carbonyl (C=O) groups excluding carboxylic acids is 1. The van der Waals surface area contributed by atoms with Crippen molar-refractivity contribution >= 4 is 37.6 Å². The smallest absolute Gasteiger partial charge is 0.241 e. The number of nitrogens with one attached hydrogen (secondary N) is 1. The molecule has 38 heavy (non-hydrogen) atoms. The molecule has 2 saturated heterocycles. The van der Waals surface area contributed by atoms with E-state index in [2.05, 4.69) is 14.8 Å². The van der Waals surface area contributed by atoms with Crippen LogP contribution in [0.4, 0.5) is 0 Å². The topological polar surface area (TPSA) is 135 Å². The number of hydrogen-bond acceptors (Lipinski definition) is 7. The second-order valence-corrected chi connectivity index (χ2v) is 14.7. The first-order valence-electron chi connectivity index (χ1n) is 12.6. The van der Waals surface area contributed by atoms with Gasteiger partial charge < -0.3 is 4.90 Å². The fraction of sp³-hybridized carbons (Fsp3) is 0.625. The Morgan fingerprint density at radius 2 is 1.71 bits per heavy atom. The molecule has 1 N–H and O–H groups in total. The van der Waals surface area contributed by atoms with E-state index in [4.69, 9.17) is 11.6 Å². The molecule has 2 fully saturated rings. The van der Waals surface area contributed by atoms with Crippen molar-refractivity contribution in [2.75, 3.05) is 38.7 Å². The molecular weight excluding hydrogens is 552 g/mol. The lowest BCUT2D eigenvalue weighted by Crippen LogP contribution is -2.55. The predicted molar refractivity (Wildman–Crippen MR) is 144 cm³/mol. The first-order valence-corrected chi connectivity index (χ1v) is 16.7. The summed E-state index contributed by atoms with van der Waals surface area (Å²) in [5.41, 5.74) is 0.628. The summed E-state index contributed by atoms with van der Waals surface area (Å²) < 4.78 is 54.1. The van der Waals surface area contributed by atoms with Gasteiger partial charge in [0.2, 0.25) is 26.0 Å². The molecule has 0 spiro atoms. The van der Waals surface area contributed by atoms with Crippen LogP contribution in [-0.2, 0) is 37.8 Å². The molecule has 2 aromatic rings. The minimum atomic E-state index is -3.62. The van der Waals surface area contributed by atoms with Crippen molar-refractivity contribution in [2.24, 2.45) is 11.3 Å². The van der Waals surface area contributed by atoms with Gasteiger partial charge in [0.25, 0.3) is 0 Å². The van der Waals surface area contributed by atoms with Gasteiger partial charge in [0.1, 0.15) is 18.7 Å². The lowest BCUT2D eigenvalue weighted by Gasteiger charge is -2.49. The van der Waals surface area contributed by atoms with Crippen LogP contribution in [0, 0.1) is 11.3 Å². The highest BCUT2D eigenvalue weighted by Gasteiger charge is 2.45. The summed E-state index contributed by atoms with van der Waals surface area (Å²) in [6.45, 7) is 2.54. The summed E-state index contributed by atoms with van der Waals surface area (Å²) in [4.78, 5) is 19.4. The van der Waals surface area contributed by atoms with Crippen LogP contribution in [0.5, 0.6) is 0 Å². The first-order chi connectivity index (χ1) is 17.8. The molecule has 2 aliphatic rings. The number of rotatable bonds is 9. The Hall–Kier alpha value is -2.06. The van der Waals surface area contributed by atoms with Crippen LogP contribution in [0.25, 0.3) is 0 Å². The number of amides is 1. The lowest BCUT2D eigenvalue weighted by atomic mass is 9.65. The second kappa shape index (κ2) is 11.6. The minimum absolute atomic E-state index is 0.177. The predicted octanol–water partition coefficient (Wildman–Crippen LogP) is 1.37. The molecule has 1 aromatic heterocycles. The monoisotopic (exact) mass is 586 g/mol. The zero-order chi connectivity index (χ0) is 27.6. The standard InChI is InChI=1S/C24H35ClN6O5S2/c1-37(33,34)28-22(15-19-3-5-21(25)6-4-19)23(32)29-13-9-24(10-14-29,16-30-18-26-17-27-30)20-7-11-31(12-8-20)38(2,35)36/h3-6,17-18,20,22,28H,7-16H2,1-2H3/t22-/m0/s1. The first kappa shape index (κ1) is 28.9. The van der Waals surface area contributed by atoms with Crippen LogP contribution in [-0.4, -0.2) is 91.4 Å². The Labute approximate surface area is 229 Å². The number of benzene rings is 1. The van der Waals surface area contributed by atoms with Crippen LogP contribution in [0.3, 0.4) is 0 Å².